The van der Waals surface area contributed by atoms with Gasteiger partial charge in [0.15, 0.2) is 11.5 Å². The van der Waals surface area contributed by atoms with Crippen LogP contribution in [0.25, 0.3) is 11.4 Å². The monoisotopic (exact) mass is 364 g/mol. The van der Waals surface area contributed by atoms with Gasteiger partial charge in [0.2, 0.25) is 11.7 Å². The number of rotatable bonds is 5. The summed E-state index contributed by atoms with van der Waals surface area (Å²) in [5.41, 5.74) is 0.743. The summed E-state index contributed by atoms with van der Waals surface area (Å²) < 4.78 is 15.7. The van der Waals surface area contributed by atoms with Gasteiger partial charge in [0.25, 0.3) is 0 Å². The Morgan fingerprint density at radius 1 is 1.28 bits per heavy atom. The molecular formula is C16H20N4O4S. The fourth-order valence-electron chi connectivity index (χ4n) is 2.45. The molecule has 1 aromatic carbocycles. The van der Waals surface area contributed by atoms with Crippen LogP contribution in [0.2, 0.25) is 0 Å². The van der Waals surface area contributed by atoms with Gasteiger partial charge in [-0.1, -0.05) is 5.16 Å². The van der Waals surface area contributed by atoms with Crippen LogP contribution in [0, 0.1) is 0 Å². The molecule has 25 heavy (non-hydrogen) atoms. The summed E-state index contributed by atoms with van der Waals surface area (Å²) in [6.45, 7) is 1.72. The number of aromatic nitrogens is 2. The minimum absolute atomic E-state index is 0.105. The van der Waals surface area contributed by atoms with Crippen LogP contribution in [0.4, 0.5) is 4.79 Å². The van der Waals surface area contributed by atoms with Crippen LogP contribution in [-0.2, 0) is 6.54 Å². The second kappa shape index (κ2) is 8.11. The number of hydrogen-bond donors (Lipinski definition) is 1. The Bertz CT molecular complexity index is 731. The molecule has 1 aliphatic rings. The van der Waals surface area contributed by atoms with Crippen molar-refractivity contribution in [1.29, 1.82) is 0 Å². The van der Waals surface area contributed by atoms with Crippen LogP contribution in [0.15, 0.2) is 22.7 Å². The Balaban J connectivity index is 1.63. The maximum atomic E-state index is 12.1. The molecule has 8 nitrogen and oxygen atoms in total. The summed E-state index contributed by atoms with van der Waals surface area (Å²) in [4.78, 5) is 18.2. The highest BCUT2D eigenvalue weighted by atomic mass is 32.2. The minimum atomic E-state index is -0.105. The Labute approximate surface area is 149 Å². The molecule has 0 bridgehead atoms. The van der Waals surface area contributed by atoms with E-state index in [-0.39, 0.29) is 12.6 Å². The van der Waals surface area contributed by atoms with Gasteiger partial charge in [0.1, 0.15) is 0 Å². The van der Waals surface area contributed by atoms with E-state index in [9.17, 15) is 4.79 Å². The van der Waals surface area contributed by atoms with E-state index in [0.29, 0.717) is 23.2 Å². The van der Waals surface area contributed by atoms with Crippen molar-refractivity contribution in [2.75, 3.05) is 38.8 Å². The number of carbonyl (C=O) groups excluding carboxylic acids is 1. The minimum Gasteiger partial charge on any atom is -0.493 e. The van der Waals surface area contributed by atoms with E-state index in [1.807, 2.05) is 17.8 Å². The van der Waals surface area contributed by atoms with Crippen molar-refractivity contribution in [2.45, 2.75) is 6.54 Å². The zero-order valence-corrected chi connectivity index (χ0v) is 15.0. The van der Waals surface area contributed by atoms with Crippen LogP contribution < -0.4 is 14.8 Å². The molecular weight excluding hydrogens is 344 g/mol. The SMILES string of the molecule is COc1ccc(-c2noc(CNC(=O)N3CCSCC3)n2)cc1OC. The number of benzene rings is 1. The van der Waals surface area contributed by atoms with Gasteiger partial charge in [0.05, 0.1) is 20.8 Å². The highest BCUT2D eigenvalue weighted by Crippen LogP contribution is 2.31. The Hall–Kier alpha value is -2.42. The lowest BCUT2D eigenvalue weighted by molar-refractivity contribution is 0.201. The Morgan fingerprint density at radius 3 is 2.76 bits per heavy atom. The number of nitrogens with one attached hydrogen (secondary N) is 1. The molecule has 1 N–H and O–H groups in total. The molecule has 1 aromatic heterocycles. The first-order chi connectivity index (χ1) is 12.2. The number of hydrogen-bond acceptors (Lipinski definition) is 7. The van der Waals surface area contributed by atoms with Crippen LogP contribution in [0.3, 0.4) is 0 Å². The third-order valence-corrected chi connectivity index (χ3v) is 4.74. The zero-order valence-electron chi connectivity index (χ0n) is 14.2. The summed E-state index contributed by atoms with van der Waals surface area (Å²) in [5, 5.41) is 6.77. The third-order valence-electron chi connectivity index (χ3n) is 3.80. The van der Waals surface area contributed by atoms with Crippen molar-refractivity contribution in [1.82, 2.24) is 20.4 Å². The molecule has 1 saturated heterocycles. The van der Waals surface area contributed by atoms with Crippen molar-refractivity contribution in [3.63, 3.8) is 0 Å². The molecule has 2 amide bonds. The van der Waals surface area contributed by atoms with E-state index in [0.717, 1.165) is 30.2 Å². The van der Waals surface area contributed by atoms with E-state index in [1.165, 1.54) is 0 Å². The van der Waals surface area contributed by atoms with Gasteiger partial charge in [-0.3, -0.25) is 0 Å². The van der Waals surface area contributed by atoms with Gasteiger partial charge in [-0.25, -0.2) is 4.79 Å². The summed E-state index contributed by atoms with van der Waals surface area (Å²) in [6, 6.07) is 5.27. The molecule has 0 aliphatic carbocycles. The lowest BCUT2D eigenvalue weighted by atomic mass is 10.2. The molecule has 9 heteroatoms. The molecule has 0 atom stereocenters. The number of urea groups is 1. The first-order valence-corrected chi connectivity index (χ1v) is 9.02. The number of amides is 2. The van der Waals surface area contributed by atoms with E-state index in [1.54, 1.807) is 31.3 Å². The van der Waals surface area contributed by atoms with Gasteiger partial charge in [0, 0.05) is 30.2 Å². The smallest absolute Gasteiger partial charge is 0.317 e. The predicted octanol–water partition coefficient (Wildman–Crippen LogP) is 2.01. The lowest BCUT2D eigenvalue weighted by Crippen LogP contribution is -2.44. The summed E-state index contributed by atoms with van der Waals surface area (Å²) in [5.74, 6) is 3.93. The van der Waals surface area contributed by atoms with E-state index >= 15 is 0 Å². The fourth-order valence-corrected chi connectivity index (χ4v) is 3.35. The standard InChI is InChI=1S/C16H20N4O4S/c1-22-12-4-3-11(9-13(12)23-2)15-18-14(24-19-15)10-17-16(21)20-5-7-25-8-6-20/h3-4,9H,5-8,10H2,1-2H3,(H,17,21). The summed E-state index contributed by atoms with van der Waals surface area (Å²) in [6.07, 6.45) is 0. The molecule has 0 radical (unpaired) electrons. The van der Waals surface area contributed by atoms with Gasteiger partial charge in [-0.05, 0) is 18.2 Å². The molecule has 0 saturated carbocycles. The van der Waals surface area contributed by atoms with Crippen molar-refractivity contribution in [3.8, 4) is 22.9 Å². The van der Waals surface area contributed by atoms with Crippen LogP contribution in [0.5, 0.6) is 11.5 Å². The molecule has 134 valence electrons. The highest BCUT2D eigenvalue weighted by molar-refractivity contribution is 7.99. The molecule has 3 rings (SSSR count). The summed E-state index contributed by atoms with van der Waals surface area (Å²) in [7, 11) is 3.14. The zero-order chi connectivity index (χ0) is 17.6. The largest absolute Gasteiger partial charge is 0.493 e. The lowest BCUT2D eigenvalue weighted by Gasteiger charge is -2.26. The number of nitrogens with zero attached hydrogens (tertiary/aromatic N) is 3. The molecule has 2 aromatic rings. The highest BCUT2D eigenvalue weighted by Gasteiger charge is 2.17. The van der Waals surface area contributed by atoms with Gasteiger partial charge in [-0.2, -0.15) is 16.7 Å². The number of carbonyl (C=O) groups is 1. The van der Waals surface area contributed by atoms with Crippen LogP contribution in [0.1, 0.15) is 5.89 Å². The fraction of sp³-hybridized carbons (Fsp3) is 0.438. The van der Waals surface area contributed by atoms with E-state index < -0.39 is 0 Å². The number of methoxy groups -OCH3 is 2. The molecule has 1 fully saturated rings. The topological polar surface area (TPSA) is 89.7 Å². The van der Waals surface area contributed by atoms with Crippen LogP contribution >= 0.6 is 11.8 Å². The molecule has 0 unspecified atom stereocenters. The normalized spacial score (nSPS) is 14.2. The number of thioether (sulfide) groups is 1. The van der Waals surface area contributed by atoms with Crippen molar-refractivity contribution < 1.29 is 18.8 Å². The quantitative estimate of drug-likeness (QED) is 0.868. The molecule has 2 heterocycles. The second-order valence-corrected chi connectivity index (χ2v) is 6.56. The van der Waals surface area contributed by atoms with E-state index in [2.05, 4.69) is 15.5 Å². The summed E-state index contributed by atoms with van der Waals surface area (Å²) >= 11 is 1.86. The molecule has 1 aliphatic heterocycles. The first-order valence-electron chi connectivity index (χ1n) is 7.86. The second-order valence-electron chi connectivity index (χ2n) is 5.34. The van der Waals surface area contributed by atoms with Crippen LogP contribution in [-0.4, -0.2) is 59.9 Å². The van der Waals surface area contributed by atoms with Gasteiger partial charge < -0.3 is 24.2 Å². The Kier molecular flexibility index (Phi) is 5.64. The maximum Gasteiger partial charge on any atom is 0.317 e. The maximum absolute atomic E-state index is 12.1. The van der Waals surface area contributed by atoms with Gasteiger partial charge in [-0.15, -0.1) is 0 Å². The van der Waals surface area contributed by atoms with E-state index in [4.69, 9.17) is 14.0 Å². The predicted molar refractivity (Wildman–Crippen MR) is 94.0 cm³/mol. The Morgan fingerprint density at radius 2 is 2.04 bits per heavy atom. The van der Waals surface area contributed by atoms with Gasteiger partial charge >= 0.3 is 6.03 Å². The first kappa shape index (κ1) is 17.4. The van der Waals surface area contributed by atoms with Crippen molar-refractivity contribution in [3.05, 3.63) is 24.1 Å². The third kappa shape index (κ3) is 4.16. The van der Waals surface area contributed by atoms with Crippen molar-refractivity contribution >= 4 is 17.8 Å². The molecule has 0 spiro atoms. The average molecular weight is 364 g/mol. The van der Waals surface area contributed by atoms with Crippen molar-refractivity contribution in [2.24, 2.45) is 0 Å². The number of ether oxygens (including phenoxy) is 2. The average Bonchev–Trinajstić information content (AvgIpc) is 3.15.